The summed E-state index contributed by atoms with van der Waals surface area (Å²) in [5.74, 6) is -1.75. The highest BCUT2D eigenvalue weighted by atomic mass is 79.9. The van der Waals surface area contributed by atoms with Gasteiger partial charge in [-0.2, -0.15) is 0 Å². The van der Waals surface area contributed by atoms with Crippen molar-refractivity contribution in [3.63, 3.8) is 0 Å². The lowest BCUT2D eigenvalue weighted by Gasteiger charge is -2.03. The fraction of sp³-hybridized carbons (Fsp3) is 0.0909. The van der Waals surface area contributed by atoms with Crippen LogP contribution in [-0.4, -0.2) is 9.97 Å². The van der Waals surface area contributed by atoms with Gasteiger partial charge in [-0.05, 0) is 47.1 Å². The number of nitrogens with zero attached hydrogens (tertiary/aromatic N) is 2. The molecule has 82 valence electrons. The Hall–Kier alpha value is -1.36. The molecule has 0 fully saturated rings. The predicted molar refractivity (Wildman–Crippen MR) is 59.8 cm³/mol. The van der Waals surface area contributed by atoms with Gasteiger partial charge in [0, 0.05) is 11.3 Å². The lowest BCUT2D eigenvalue weighted by atomic mass is 10.1. The molecular weight excluding hydrogens is 278 g/mol. The first-order valence-electron chi connectivity index (χ1n) is 4.53. The molecule has 1 aromatic carbocycles. The van der Waals surface area contributed by atoms with Gasteiger partial charge in [0.1, 0.15) is 0 Å². The first-order valence-corrected chi connectivity index (χ1v) is 5.32. The third-order valence-corrected chi connectivity index (χ3v) is 2.40. The maximum Gasteiger partial charge on any atom is 0.197 e. The van der Waals surface area contributed by atoms with Crippen LogP contribution in [0.3, 0.4) is 0 Å². The van der Waals surface area contributed by atoms with Gasteiger partial charge in [0.2, 0.25) is 0 Å². The highest BCUT2D eigenvalue weighted by molar-refractivity contribution is 9.10. The number of aromatic nitrogens is 2. The molecule has 2 aromatic rings. The Morgan fingerprint density at radius 1 is 1.06 bits per heavy atom. The molecule has 0 radical (unpaired) electrons. The number of aryl methyl sites for hydroxylation is 1. The minimum Gasteiger partial charge on any atom is -0.227 e. The third-order valence-electron chi connectivity index (χ3n) is 2.04. The van der Waals surface area contributed by atoms with E-state index < -0.39 is 11.6 Å². The fourth-order valence-electron chi connectivity index (χ4n) is 1.34. The van der Waals surface area contributed by atoms with Crippen LogP contribution in [0.2, 0.25) is 0 Å². The first-order chi connectivity index (χ1) is 7.56. The molecule has 16 heavy (non-hydrogen) atoms. The average molecular weight is 285 g/mol. The van der Waals surface area contributed by atoms with Crippen LogP contribution in [0.4, 0.5) is 8.78 Å². The van der Waals surface area contributed by atoms with Crippen LogP contribution in [0.25, 0.3) is 11.3 Å². The monoisotopic (exact) mass is 284 g/mol. The van der Waals surface area contributed by atoms with Crippen LogP contribution >= 0.6 is 15.9 Å². The summed E-state index contributed by atoms with van der Waals surface area (Å²) in [5, 5.41) is 0. The minimum absolute atomic E-state index is 0.423. The number of halogens is 3. The third kappa shape index (κ3) is 2.24. The van der Waals surface area contributed by atoms with Crippen molar-refractivity contribution in [2.75, 3.05) is 0 Å². The summed E-state index contributed by atoms with van der Waals surface area (Å²) < 4.78 is 26.2. The molecule has 0 amide bonds. The molecule has 1 heterocycles. The minimum atomic E-state index is -0.884. The van der Waals surface area contributed by atoms with Gasteiger partial charge in [0.05, 0.1) is 5.69 Å². The highest BCUT2D eigenvalue weighted by Gasteiger charge is 2.07. The predicted octanol–water partition coefficient (Wildman–Crippen LogP) is 3.49. The quantitative estimate of drug-likeness (QED) is 0.749. The standard InChI is InChI=1S/C11H7BrF2N2/c1-6-4-10(16-11(12)15-6)7-2-3-8(13)9(14)5-7/h2-5H,1H3. The molecule has 0 bridgehead atoms. The van der Waals surface area contributed by atoms with E-state index in [0.717, 1.165) is 17.8 Å². The Labute approximate surface area is 99.5 Å². The number of hydrogen-bond acceptors (Lipinski definition) is 2. The number of hydrogen-bond donors (Lipinski definition) is 0. The maximum atomic E-state index is 13.0. The summed E-state index contributed by atoms with van der Waals surface area (Å²) in [6.07, 6.45) is 0. The molecule has 0 aliphatic heterocycles. The number of benzene rings is 1. The van der Waals surface area contributed by atoms with Gasteiger partial charge in [-0.25, -0.2) is 18.7 Å². The highest BCUT2D eigenvalue weighted by Crippen LogP contribution is 2.21. The van der Waals surface area contributed by atoms with Crippen LogP contribution in [0.1, 0.15) is 5.69 Å². The molecule has 0 saturated carbocycles. The van der Waals surface area contributed by atoms with Gasteiger partial charge in [-0.15, -0.1) is 0 Å². The summed E-state index contributed by atoms with van der Waals surface area (Å²) in [5.41, 5.74) is 1.82. The van der Waals surface area contributed by atoms with Crippen molar-refractivity contribution in [3.8, 4) is 11.3 Å². The molecule has 0 unspecified atom stereocenters. The second kappa shape index (κ2) is 4.25. The molecule has 0 N–H and O–H groups in total. The van der Waals surface area contributed by atoms with Gasteiger partial charge in [0.25, 0.3) is 0 Å². The van der Waals surface area contributed by atoms with Crippen LogP contribution < -0.4 is 0 Å². The second-order valence-corrected chi connectivity index (χ2v) is 4.00. The Morgan fingerprint density at radius 3 is 2.44 bits per heavy atom. The zero-order chi connectivity index (χ0) is 11.7. The molecule has 0 saturated heterocycles. The van der Waals surface area contributed by atoms with Crippen molar-refractivity contribution in [3.05, 3.63) is 46.3 Å². The molecule has 2 nitrogen and oxygen atoms in total. The van der Waals surface area contributed by atoms with Gasteiger partial charge in [-0.1, -0.05) is 0 Å². The van der Waals surface area contributed by atoms with Crippen molar-refractivity contribution >= 4 is 15.9 Å². The zero-order valence-corrected chi connectivity index (χ0v) is 9.92. The Bertz CT molecular complexity index is 523. The molecular formula is C11H7BrF2N2. The molecule has 0 aliphatic rings. The molecule has 0 spiro atoms. The van der Waals surface area contributed by atoms with Gasteiger partial charge in [-0.3, -0.25) is 0 Å². The van der Waals surface area contributed by atoms with Gasteiger partial charge < -0.3 is 0 Å². The maximum absolute atomic E-state index is 13.0. The summed E-state index contributed by atoms with van der Waals surface area (Å²) >= 11 is 3.15. The van der Waals surface area contributed by atoms with Crippen molar-refractivity contribution < 1.29 is 8.78 Å². The van der Waals surface area contributed by atoms with E-state index in [1.54, 1.807) is 13.0 Å². The lowest BCUT2D eigenvalue weighted by molar-refractivity contribution is 0.509. The van der Waals surface area contributed by atoms with Crippen LogP contribution in [0.15, 0.2) is 29.0 Å². The summed E-state index contributed by atoms with van der Waals surface area (Å²) in [6.45, 7) is 1.80. The normalized spacial score (nSPS) is 10.5. The fourth-order valence-corrected chi connectivity index (χ4v) is 1.81. The Morgan fingerprint density at radius 2 is 1.81 bits per heavy atom. The Kier molecular flexibility index (Phi) is 2.96. The summed E-state index contributed by atoms with van der Waals surface area (Å²) in [7, 11) is 0. The number of rotatable bonds is 1. The summed E-state index contributed by atoms with van der Waals surface area (Å²) in [4.78, 5) is 8.13. The second-order valence-electron chi connectivity index (χ2n) is 3.29. The lowest BCUT2D eigenvalue weighted by Crippen LogP contribution is -1.92. The van der Waals surface area contributed by atoms with Crippen molar-refractivity contribution in [2.45, 2.75) is 6.92 Å². The van der Waals surface area contributed by atoms with Crippen LogP contribution in [0, 0.1) is 18.6 Å². The van der Waals surface area contributed by atoms with E-state index in [1.807, 2.05) is 0 Å². The van der Waals surface area contributed by atoms with Crippen molar-refractivity contribution in [1.82, 2.24) is 9.97 Å². The molecule has 5 heteroatoms. The zero-order valence-electron chi connectivity index (χ0n) is 8.34. The van der Waals surface area contributed by atoms with Crippen molar-refractivity contribution in [2.24, 2.45) is 0 Å². The smallest absolute Gasteiger partial charge is 0.197 e. The average Bonchev–Trinajstić information content (AvgIpc) is 2.20. The molecule has 1 aromatic heterocycles. The van der Waals surface area contributed by atoms with E-state index >= 15 is 0 Å². The molecule has 0 atom stereocenters. The van der Waals surface area contributed by atoms with E-state index in [-0.39, 0.29) is 0 Å². The van der Waals surface area contributed by atoms with E-state index in [9.17, 15) is 8.78 Å². The summed E-state index contributed by atoms with van der Waals surface area (Å²) in [6, 6.07) is 5.38. The topological polar surface area (TPSA) is 25.8 Å². The van der Waals surface area contributed by atoms with Gasteiger partial charge >= 0.3 is 0 Å². The Balaban J connectivity index is 2.54. The van der Waals surface area contributed by atoms with E-state index in [4.69, 9.17) is 0 Å². The van der Waals surface area contributed by atoms with Crippen LogP contribution in [-0.2, 0) is 0 Å². The van der Waals surface area contributed by atoms with E-state index in [0.29, 0.717) is 16.0 Å². The largest absolute Gasteiger partial charge is 0.227 e. The van der Waals surface area contributed by atoms with Crippen molar-refractivity contribution in [1.29, 1.82) is 0 Å². The SMILES string of the molecule is Cc1cc(-c2ccc(F)c(F)c2)nc(Br)n1. The first kappa shape index (κ1) is 11.1. The molecule has 0 aliphatic carbocycles. The van der Waals surface area contributed by atoms with E-state index in [2.05, 4.69) is 25.9 Å². The van der Waals surface area contributed by atoms with Crippen LogP contribution in [0.5, 0.6) is 0 Å². The van der Waals surface area contributed by atoms with Gasteiger partial charge in [0.15, 0.2) is 16.4 Å². The van der Waals surface area contributed by atoms with E-state index in [1.165, 1.54) is 6.07 Å². The molecule has 2 rings (SSSR count).